The summed E-state index contributed by atoms with van der Waals surface area (Å²) >= 11 is 1.96. The summed E-state index contributed by atoms with van der Waals surface area (Å²) in [5.41, 5.74) is 12.1. The quantitative estimate of drug-likeness (QED) is 0.249. The number of nitrogens with zero attached hydrogens (tertiary/aromatic N) is 2. The van der Waals surface area contributed by atoms with Crippen LogP contribution < -0.4 is 15.1 Å². The molecule has 0 unspecified atom stereocenters. The monoisotopic (exact) mass is 456 g/mol. The third-order valence-corrected chi connectivity index (χ3v) is 9.01. The molecule has 0 atom stereocenters. The molecule has 164 valence electrons. The number of fused-ring (bicyclic) bond motifs is 6. The van der Waals surface area contributed by atoms with Gasteiger partial charge in [0.15, 0.2) is 0 Å². The first-order valence-electron chi connectivity index (χ1n) is 12.0. The molecule has 0 bridgehead atoms. The molecule has 2 aromatic heterocycles. The van der Waals surface area contributed by atoms with Gasteiger partial charge in [0, 0.05) is 48.5 Å². The highest BCUT2D eigenvalue weighted by atomic mass is 32.1. The average molecular weight is 456 g/mol. The van der Waals surface area contributed by atoms with Crippen LogP contribution in [0.3, 0.4) is 0 Å². The average Bonchev–Trinajstić information content (AvgIpc) is 3.38. The predicted octanol–water partition coefficient (Wildman–Crippen LogP) is 6.92. The molecular formula is C30H25BN2S. The molecule has 0 N–H and O–H groups in total. The van der Waals surface area contributed by atoms with Gasteiger partial charge in [-0.2, -0.15) is 0 Å². The summed E-state index contributed by atoms with van der Waals surface area (Å²) in [4.78, 5) is 2.50. The summed E-state index contributed by atoms with van der Waals surface area (Å²) in [6.45, 7) is 9.27. The van der Waals surface area contributed by atoms with Crippen molar-refractivity contribution in [2.75, 3.05) is 4.90 Å². The van der Waals surface area contributed by atoms with Crippen molar-refractivity contribution in [3.63, 3.8) is 0 Å². The lowest BCUT2D eigenvalue weighted by Crippen LogP contribution is -2.53. The number of thiophene rings is 1. The molecule has 4 heteroatoms. The normalized spacial score (nSPS) is 16.1. The summed E-state index contributed by atoms with van der Waals surface area (Å²) in [6.07, 6.45) is 2.31. The molecule has 34 heavy (non-hydrogen) atoms. The second kappa shape index (κ2) is 7.00. The molecule has 2 nitrogen and oxygen atoms in total. The van der Waals surface area contributed by atoms with E-state index in [1.807, 2.05) is 11.3 Å². The van der Waals surface area contributed by atoms with Gasteiger partial charge in [-0.3, -0.25) is 0 Å². The summed E-state index contributed by atoms with van der Waals surface area (Å²) in [6, 6.07) is 26.6. The highest BCUT2D eigenvalue weighted by Gasteiger charge is 2.44. The van der Waals surface area contributed by atoms with Crippen LogP contribution in [-0.2, 0) is 0 Å². The molecule has 0 saturated heterocycles. The van der Waals surface area contributed by atoms with Crippen LogP contribution in [0.15, 0.2) is 90.0 Å². The van der Waals surface area contributed by atoms with Crippen LogP contribution in [0.4, 0.5) is 11.4 Å². The number of allylic oxidation sites excluding steroid dienone is 3. The van der Waals surface area contributed by atoms with E-state index < -0.39 is 0 Å². The third kappa shape index (κ3) is 2.36. The predicted molar refractivity (Wildman–Crippen MR) is 149 cm³/mol. The third-order valence-electron chi connectivity index (χ3n) is 7.78. The largest absolute Gasteiger partial charge is 0.319 e. The number of para-hydroxylation sites is 2. The highest BCUT2D eigenvalue weighted by Crippen LogP contribution is 2.47. The zero-order valence-electron chi connectivity index (χ0n) is 19.9. The van der Waals surface area contributed by atoms with E-state index in [0.717, 1.165) is 0 Å². The summed E-state index contributed by atoms with van der Waals surface area (Å²) in [7, 11) is 0. The van der Waals surface area contributed by atoms with Crippen molar-refractivity contribution in [1.29, 1.82) is 0 Å². The van der Waals surface area contributed by atoms with Crippen LogP contribution >= 0.6 is 11.3 Å². The molecular weight excluding hydrogens is 431 g/mol. The van der Waals surface area contributed by atoms with Crippen molar-refractivity contribution >= 4 is 66.3 Å². The Bertz CT molecular complexity index is 1700. The fourth-order valence-electron chi connectivity index (χ4n) is 6.23. The number of hydrogen-bond acceptors (Lipinski definition) is 2. The van der Waals surface area contributed by atoms with Gasteiger partial charge in [0.05, 0.1) is 5.69 Å². The van der Waals surface area contributed by atoms with Crippen molar-refractivity contribution in [2.24, 2.45) is 0 Å². The zero-order valence-corrected chi connectivity index (χ0v) is 20.7. The van der Waals surface area contributed by atoms with Crippen LogP contribution in [0.25, 0.3) is 26.7 Å². The van der Waals surface area contributed by atoms with Gasteiger partial charge in [-0.15, -0.1) is 11.3 Å². The number of anilines is 2. The highest BCUT2D eigenvalue weighted by molar-refractivity contribution is 7.32. The molecule has 4 heterocycles. The van der Waals surface area contributed by atoms with E-state index in [1.165, 1.54) is 70.7 Å². The number of rotatable bonds is 1. The van der Waals surface area contributed by atoms with Gasteiger partial charge in [-0.05, 0) is 62.4 Å². The molecule has 0 spiro atoms. The summed E-state index contributed by atoms with van der Waals surface area (Å²) < 4.78 is 5.31. The van der Waals surface area contributed by atoms with E-state index in [-0.39, 0.29) is 6.71 Å². The van der Waals surface area contributed by atoms with E-state index in [1.54, 1.807) is 0 Å². The lowest BCUT2D eigenvalue weighted by atomic mass is 9.35. The van der Waals surface area contributed by atoms with E-state index >= 15 is 0 Å². The molecule has 5 aromatic rings. The Balaban J connectivity index is 1.67. The Labute approximate surface area is 204 Å². The molecule has 0 aliphatic carbocycles. The minimum atomic E-state index is 0.239. The van der Waals surface area contributed by atoms with E-state index in [0.29, 0.717) is 0 Å². The lowest BCUT2D eigenvalue weighted by Gasteiger charge is -2.40. The first-order chi connectivity index (χ1) is 16.6. The molecule has 0 fully saturated rings. The van der Waals surface area contributed by atoms with Gasteiger partial charge in [0.2, 0.25) is 0 Å². The maximum Gasteiger partial charge on any atom is 0.264 e. The maximum absolute atomic E-state index is 2.51. The number of benzene rings is 3. The summed E-state index contributed by atoms with van der Waals surface area (Å²) in [5, 5.41) is 2.71. The van der Waals surface area contributed by atoms with E-state index in [9.17, 15) is 0 Å². The Morgan fingerprint density at radius 3 is 2.35 bits per heavy atom. The van der Waals surface area contributed by atoms with Crippen molar-refractivity contribution in [3.05, 3.63) is 101 Å². The van der Waals surface area contributed by atoms with E-state index in [4.69, 9.17) is 0 Å². The van der Waals surface area contributed by atoms with Crippen LogP contribution in [0.1, 0.15) is 25.1 Å². The number of aryl methyl sites for hydroxylation is 1. The Kier molecular flexibility index (Phi) is 4.11. The first kappa shape index (κ1) is 19.9. The van der Waals surface area contributed by atoms with E-state index in [2.05, 4.69) is 116 Å². The molecule has 0 saturated carbocycles. The Morgan fingerprint density at radius 2 is 1.56 bits per heavy atom. The van der Waals surface area contributed by atoms with Crippen LogP contribution in [0.2, 0.25) is 0 Å². The smallest absolute Gasteiger partial charge is 0.264 e. The number of aromatic nitrogens is 1. The SMILES string of the molecule is C/C=C1\C2=C(C)n3c(C)c(C)c4cccc(c43)B2c2sc3ccccc3c2N1c1ccccc1. The molecule has 0 amide bonds. The van der Waals surface area contributed by atoms with Gasteiger partial charge >= 0.3 is 0 Å². The molecule has 2 aliphatic rings. The topological polar surface area (TPSA) is 8.17 Å². The van der Waals surface area contributed by atoms with Crippen LogP contribution in [0, 0.1) is 13.8 Å². The van der Waals surface area contributed by atoms with Crippen LogP contribution in [0.5, 0.6) is 0 Å². The van der Waals surface area contributed by atoms with Crippen molar-refractivity contribution < 1.29 is 0 Å². The minimum absolute atomic E-state index is 0.239. The van der Waals surface area contributed by atoms with Gasteiger partial charge in [0.1, 0.15) is 0 Å². The van der Waals surface area contributed by atoms with Crippen molar-refractivity contribution in [1.82, 2.24) is 4.57 Å². The minimum Gasteiger partial charge on any atom is -0.319 e. The van der Waals surface area contributed by atoms with Gasteiger partial charge < -0.3 is 9.47 Å². The molecule has 2 aliphatic heterocycles. The first-order valence-corrected chi connectivity index (χ1v) is 12.8. The Morgan fingerprint density at radius 1 is 0.824 bits per heavy atom. The fourth-order valence-corrected chi connectivity index (χ4v) is 7.55. The van der Waals surface area contributed by atoms with Gasteiger partial charge in [-0.1, -0.05) is 60.7 Å². The Hall–Kier alpha value is -3.50. The lowest BCUT2D eigenvalue weighted by molar-refractivity contribution is 1.04. The second-order valence-corrected chi connectivity index (χ2v) is 10.5. The fraction of sp³-hybridized carbons (Fsp3) is 0.133. The zero-order chi connectivity index (χ0) is 23.1. The standard InChI is InChI=1S/C30H25BN2S/c1-5-25-27-20(4)32-19(3)18(2)22-15-11-16-24(28(22)32)31(27)30-29(23-14-9-10-17-26(23)34-30)33(25)21-12-7-6-8-13-21/h5-17H,1-4H3/b25-5+. The van der Waals surface area contributed by atoms with Crippen LogP contribution in [-0.4, -0.2) is 11.3 Å². The van der Waals surface area contributed by atoms with Crippen molar-refractivity contribution in [3.8, 4) is 0 Å². The molecule has 3 aromatic carbocycles. The van der Waals surface area contributed by atoms with Crippen molar-refractivity contribution in [2.45, 2.75) is 27.7 Å². The summed E-state index contributed by atoms with van der Waals surface area (Å²) in [5.74, 6) is 0. The van der Waals surface area contributed by atoms with Gasteiger partial charge in [-0.25, -0.2) is 0 Å². The second-order valence-electron chi connectivity index (χ2n) is 9.38. The molecule has 7 rings (SSSR count). The molecule has 0 radical (unpaired) electrons. The van der Waals surface area contributed by atoms with Gasteiger partial charge in [0.25, 0.3) is 6.71 Å². The maximum atomic E-state index is 2.51. The number of hydrogen-bond donors (Lipinski definition) is 0.